The van der Waals surface area contributed by atoms with Crippen LogP contribution in [0.25, 0.3) is 0 Å². The second-order valence-electron chi connectivity index (χ2n) is 5.78. The van der Waals surface area contributed by atoms with Crippen LogP contribution >= 0.6 is 0 Å². The molecule has 0 heterocycles. The van der Waals surface area contributed by atoms with Gasteiger partial charge in [-0.25, -0.2) is 13.1 Å². The number of rotatable bonds is 7. The van der Waals surface area contributed by atoms with Gasteiger partial charge in [0.2, 0.25) is 10.0 Å². The van der Waals surface area contributed by atoms with Crippen molar-refractivity contribution in [3.05, 3.63) is 0 Å². The molecule has 0 spiro atoms. The van der Waals surface area contributed by atoms with Gasteiger partial charge in [-0.05, 0) is 25.2 Å². The molecule has 122 valence electrons. The predicted molar refractivity (Wildman–Crippen MR) is 76.1 cm³/mol. The molecule has 0 aromatic heterocycles. The van der Waals surface area contributed by atoms with E-state index in [1.807, 2.05) is 13.8 Å². The first-order chi connectivity index (χ1) is 9.69. The number of esters is 1. The third-order valence-corrected chi connectivity index (χ3v) is 5.64. The fourth-order valence-corrected chi connectivity index (χ4v) is 4.60. The number of carboxylic acid groups (broad SMARTS) is 1. The zero-order valence-electron chi connectivity index (χ0n) is 12.5. The molecule has 0 bridgehead atoms. The van der Waals surface area contributed by atoms with E-state index >= 15 is 0 Å². The van der Waals surface area contributed by atoms with Crippen LogP contribution in [-0.4, -0.2) is 43.9 Å². The van der Waals surface area contributed by atoms with Gasteiger partial charge in [0.05, 0.1) is 18.3 Å². The average Bonchev–Trinajstić information content (AvgIpc) is 2.86. The van der Waals surface area contributed by atoms with E-state index in [9.17, 15) is 18.0 Å². The fraction of sp³-hybridized carbons (Fsp3) is 0.846. The number of sulfonamides is 1. The van der Waals surface area contributed by atoms with Crippen molar-refractivity contribution < 1.29 is 27.9 Å². The number of carboxylic acids is 1. The van der Waals surface area contributed by atoms with Crippen molar-refractivity contribution in [3.63, 3.8) is 0 Å². The minimum atomic E-state index is -3.89. The molecule has 1 rings (SSSR count). The Bertz CT molecular complexity index is 487. The van der Waals surface area contributed by atoms with Crippen LogP contribution in [0.5, 0.6) is 0 Å². The standard InChI is InChI=1S/C13H23NO6S/c1-8(2)7-10(12(15)16)14-21(18,19)11-6-4-5-9(11)13(17)20-3/h8-11,14H,4-7H2,1-3H3,(H,15,16). The Morgan fingerprint density at radius 2 is 1.95 bits per heavy atom. The van der Waals surface area contributed by atoms with E-state index in [0.29, 0.717) is 19.3 Å². The third-order valence-electron chi connectivity index (χ3n) is 3.67. The monoisotopic (exact) mass is 321 g/mol. The molecule has 0 saturated heterocycles. The van der Waals surface area contributed by atoms with Crippen LogP contribution in [0.15, 0.2) is 0 Å². The highest BCUT2D eigenvalue weighted by molar-refractivity contribution is 7.90. The number of hydrogen-bond acceptors (Lipinski definition) is 5. The molecular weight excluding hydrogens is 298 g/mol. The van der Waals surface area contributed by atoms with Crippen LogP contribution < -0.4 is 4.72 Å². The van der Waals surface area contributed by atoms with Gasteiger partial charge in [0, 0.05) is 0 Å². The van der Waals surface area contributed by atoms with Gasteiger partial charge in [-0.2, -0.15) is 0 Å². The van der Waals surface area contributed by atoms with Gasteiger partial charge in [0.1, 0.15) is 6.04 Å². The predicted octanol–water partition coefficient (Wildman–Crippen LogP) is 0.747. The number of hydrogen-bond donors (Lipinski definition) is 2. The lowest BCUT2D eigenvalue weighted by molar-refractivity contribution is -0.145. The molecule has 3 atom stereocenters. The van der Waals surface area contributed by atoms with E-state index in [1.54, 1.807) is 0 Å². The van der Waals surface area contributed by atoms with Crippen LogP contribution in [0.2, 0.25) is 0 Å². The molecule has 8 heteroatoms. The molecule has 1 fully saturated rings. The zero-order chi connectivity index (χ0) is 16.2. The number of methoxy groups -OCH3 is 1. The second kappa shape index (κ2) is 7.22. The molecule has 3 unspecified atom stereocenters. The quantitative estimate of drug-likeness (QED) is 0.670. The van der Waals surface area contributed by atoms with Crippen molar-refractivity contribution in [1.29, 1.82) is 0 Å². The molecule has 1 aliphatic rings. The van der Waals surface area contributed by atoms with Gasteiger partial charge >= 0.3 is 11.9 Å². The molecular formula is C13H23NO6S. The van der Waals surface area contributed by atoms with E-state index in [4.69, 9.17) is 5.11 Å². The summed E-state index contributed by atoms with van der Waals surface area (Å²) < 4.78 is 31.6. The third kappa shape index (κ3) is 4.67. The summed E-state index contributed by atoms with van der Waals surface area (Å²) in [7, 11) is -2.67. The van der Waals surface area contributed by atoms with Gasteiger partial charge < -0.3 is 9.84 Å². The van der Waals surface area contributed by atoms with E-state index < -0.39 is 39.2 Å². The molecule has 7 nitrogen and oxygen atoms in total. The minimum Gasteiger partial charge on any atom is -0.480 e. The summed E-state index contributed by atoms with van der Waals surface area (Å²) in [5.74, 6) is -2.45. The lowest BCUT2D eigenvalue weighted by Gasteiger charge is -2.22. The Morgan fingerprint density at radius 3 is 2.43 bits per heavy atom. The Kier molecular flexibility index (Phi) is 6.15. The second-order valence-corrected chi connectivity index (χ2v) is 7.71. The summed E-state index contributed by atoms with van der Waals surface area (Å²) in [6.07, 6.45) is 1.58. The van der Waals surface area contributed by atoms with Crippen LogP contribution in [0.4, 0.5) is 0 Å². The maximum Gasteiger partial charge on any atom is 0.321 e. The summed E-state index contributed by atoms with van der Waals surface area (Å²) in [5, 5.41) is 8.21. The van der Waals surface area contributed by atoms with Crippen molar-refractivity contribution >= 4 is 22.0 Å². The fourth-order valence-electron chi connectivity index (χ4n) is 2.67. The average molecular weight is 321 g/mol. The summed E-state index contributed by atoms with van der Waals surface area (Å²) in [5.41, 5.74) is 0. The maximum atomic E-state index is 12.4. The molecule has 0 radical (unpaired) electrons. The summed E-state index contributed by atoms with van der Waals surface area (Å²) in [4.78, 5) is 22.8. The molecule has 1 saturated carbocycles. The van der Waals surface area contributed by atoms with Crippen LogP contribution in [0.3, 0.4) is 0 Å². The van der Waals surface area contributed by atoms with Crippen molar-refractivity contribution in [2.24, 2.45) is 11.8 Å². The first-order valence-electron chi connectivity index (χ1n) is 7.00. The summed E-state index contributed by atoms with van der Waals surface area (Å²) in [6, 6.07) is -1.17. The summed E-state index contributed by atoms with van der Waals surface area (Å²) >= 11 is 0. The Morgan fingerprint density at radius 1 is 1.33 bits per heavy atom. The first kappa shape index (κ1) is 17.9. The number of nitrogens with one attached hydrogen (secondary N) is 1. The lowest BCUT2D eigenvalue weighted by atomic mass is 10.1. The largest absolute Gasteiger partial charge is 0.480 e. The molecule has 21 heavy (non-hydrogen) atoms. The van der Waals surface area contributed by atoms with Crippen LogP contribution in [0, 0.1) is 11.8 Å². The topological polar surface area (TPSA) is 110 Å². The van der Waals surface area contributed by atoms with Gasteiger partial charge in [-0.3, -0.25) is 9.59 Å². The molecule has 0 aromatic carbocycles. The summed E-state index contributed by atoms with van der Waals surface area (Å²) in [6.45, 7) is 3.63. The Labute approximate surface area is 125 Å². The Balaban J connectivity index is 2.88. The van der Waals surface area contributed by atoms with Crippen molar-refractivity contribution in [2.45, 2.75) is 50.8 Å². The van der Waals surface area contributed by atoms with Crippen LogP contribution in [-0.2, 0) is 24.3 Å². The van der Waals surface area contributed by atoms with E-state index in [-0.39, 0.29) is 12.3 Å². The number of carbonyl (C=O) groups excluding carboxylic acids is 1. The van der Waals surface area contributed by atoms with Crippen LogP contribution in [0.1, 0.15) is 39.5 Å². The number of carbonyl (C=O) groups is 2. The highest BCUT2D eigenvalue weighted by Crippen LogP contribution is 2.32. The SMILES string of the molecule is COC(=O)C1CCCC1S(=O)(=O)NC(CC(C)C)C(=O)O. The van der Waals surface area contributed by atoms with Crippen molar-refractivity contribution in [1.82, 2.24) is 4.72 Å². The normalized spacial score (nSPS) is 24.0. The Hall–Kier alpha value is -1.15. The highest BCUT2D eigenvalue weighted by Gasteiger charge is 2.43. The van der Waals surface area contributed by atoms with Gasteiger partial charge in [0.25, 0.3) is 0 Å². The first-order valence-corrected chi connectivity index (χ1v) is 8.55. The number of aliphatic carboxylic acids is 1. The van der Waals surface area contributed by atoms with Gasteiger partial charge in [-0.15, -0.1) is 0 Å². The van der Waals surface area contributed by atoms with E-state index in [0.717, 1.165) is 0 Å². The number of ether oxygens (including phenoxy) is 1. The molecule has 2 N–H and O–H groups in total. The van der Waals surface area contributed by atoms with Gasteiger partial charge in [0.15, 0.2) is 0 Å². The van der Waals surface area contributed by atoms with Crippen molar-refractivity contribution in [2.75, 3.05) is 7.11 Å². The highest BCUT2D eigenvalue weighted by atomic mass is 32.2. The smallest absolute Gasteiger partial charge is 0.321 e. The van der Waals surface area contributed by atoms with Gasteiger partial charge in [-0.1, -0.05) is 20.3 Å². The van der Waals surface area contributed by atoms with Crippen molar-refractivity contribution in [3.8, 4) is 0 Å². The maximum absolute atomic E-state index is 12.4. The lowest BCUT2D eigenvalue weighted by Crippen LogP contribution is -2.47. The molecule has 0 aromatic rings. The van der Waals surface area contributed by atoms with E-state index in [1.165, 1.54) is 7.11 Å². The van der Waals surface area contributed by atoms with E-state index in [2.05, 4.69) is 9.46 Å². The zero-order valence-corrected chi connectivity index (χ0v) is 13.4. The molecule has 1 aliphatic carbocycles. The molecule has 0 amide bonds. The molecule has 0 aliphatic heterocycles. The minimum absolute atomic E-state index is 0.0359.